The Kier molecular flexibility index (Phi) is 5.40. The molecule has 0 atom stereocenters. The van der Waals surface area contributed by atoms with E-state index in [9.17, 15) is 5.11 Å². The van der Waals surface area contributed by atoms with Gasteiger partial charge in [0.05, 0.1) is 16.7 Å². The fourth-order valence-electron chi connectivity index (χ4n) is 2.82. The fourth-order valence-corrected chi connectivity index (χ4v) is 3.14. The standard InChI is InChI=1S/C20H22Cl2N2O/c1-20(2,13-25)23-10-15-12-24(19-6-4-3-5-16(15)19)11-14-7-8-17(21)18(22)9-14/h3-9,12,23,25H,10-11,13H2,1-2H3. The second kappa shape index (κ2) is 7.38. The summed E-state index contributed by atoms with van der Waals surface area (Å²) in [7, 11) is 0. The van der Waals surface area contributed by atoms with Crippen LogP contribution in [0.5, 0.6) is 0 Å². The van der Waals surface area contributed by atoms with Crippen molar-refractivity contribution in [3.8, 4) is 0 Å². The first-order valence-electron chi connectivity index (χ1n) is 8.26. The number of hydrogen-bond donors (Lipinski definition) is 2. The summed E-state index contributed by atoms with van der Waals surface area (Å²) >= 11 is 12.2. The highest BCUT2D eigenvalue weighted by Gasteiger charge is 2.17. The Hall–Kier alpha value is -1.52. The molecule has 0 unspecified atom stereocenters. The molecule has 0 saturated heterocycles. The van der Waals surface area contributed by atoms with E-state index in [1.807, 2.05) is 44.2 Å². The zero-order valence-corrected chi connectivity index (χ0v) is 15.9. The molecular formula is C20H22Cl2N2O. The largest absolute Gasteiger partial charge is 0.394 e. The highest BCUT2D eigenvalue weighted by atomic mass is 35.5. The predicted molar refractivity (Wildman–Crippen MR) is 106 cm³/mol. The number of fused-ring (bicyclic) bond motifs is 1. The van der Waals surface area contributed by atoms with Gasteiger partial charge in [-0.25, -0.2) is 0 Å². The number of hydrogen-bond acceptors (Lipinski definition) is 2. The Balaban J connectivity index is 1.92. The molecule has 1 aromatic heterocycles. The number of aliphatic hydroxyl groups is 1. The summed E-state index contributed by atoms with van der Waals surface area (Å²) in [6, 6.07) is 14.1. The minimum atomic E-state index is -0.313. The summed E-state index contributed by atoms with van der Waals surface area (Å²) in [6.45, 7) is 5.49. The number of rotatable bonds is 6. The Morgan fingerprint density at radius 3 is 2.56 bits per heavy atom. The normalized spacial score (nSPS) is 12.0. The number of aromatic nitrogens is 1. The van der Waals surface area contributed by atoms with Gasteiger partial charge in [0.25, 0.3) is 0 Å². The van der Waals surface area contributed by atoms with Gasteiger partial charge in [-0.3, -0.25) is 0 Å². The summed E-state index contributed by atoms with van der Waals surface area (Å²) in [5, 5.41) is 15.2. The lowest BCUT2D eigenvalue weighted by molar-refractivity contribution is 0.187. The minimum Gasteiger partial charge on any atom is -0.394 e. The molecule has 25 heavy (non-hydrogen) atoms. The molecule has 0 fully saturated rings. The van der Waals surface area contributed by atoms with E-state index in [2.05, 4.69) is 28.2 Å². The lowest BCUT2D eigenvalue weighted by atomic mass is 10.1. The molecule has 0 bridgehead atoms. The quantitative estimate of drug-likeness (QED) is 0.644. The Bertz CT molecular complexity index is 887. The maximum atomic E-state index is 9.44. The molecular weight excluding hydrogens is 355 g/mol. The van der Waals surface area contributed by atoms with Gasteiger partial charge in [0.15, 0.2) is 0 Å². The Morgan fingerprint density at radius 1 is 1.08 bits per heavy atom. The predicted octanol–water partition coefficient (Wildman–Crippen LogP) is 4.86. The van der Waals surface area contributed by atoms with Gasteiger partial charge in [0.2, 0.25) is 0 Å². The van der Waals surface area contributed by atoms with E-state index in [1.54, 1.807) is 0 Å². The monoisotopic (exact) mass is 376 g/mol. The van der Waals surface area contributed by atoms with Crippen molar-refractivity contribution in [3.63, 3.8) is 0 Å². The van der Waals surface area contributed by atoms with E-state index in [4.69, 9.17) is 23.2 Å². The maximum Gasteiger partial charge on any atom is 0.0607 e. The molecule has 0 aliphatic heterocycles. The molecule has 2 N–H and O–H groups in total. The van der Waals surface area contributed by atoms with Gasteiger partial charge >= 0.3 is 0 Å². The summed E-state index contributed by atoms with van der Waals surface area (Å²) in [5.74, 6) is 0. The molecule has 3 rings (SSSR count). The third-order valence-electron chi connectivity index (χ3n) is 4.36. The van der Waals surface area contributed by atoms with Crippen LogP contribution in [0.15, 0.2) is 48.7 Å². The van der Waals surface area contributed by atoms with Gasteiger partial charge in [-0.15, -0.1) is 0 Å². The smallest absolute Gasteiger partial charge is 0.0607 e. The minimum absolute atomic E-state index is 0.0922. The van der Waals surface area contributed by atoms with Crippen LogP contribution in [0.25, 0.3) is 10.9 Å². The van der Waals surface area contributed by atoms with Crippen LogP contribution < -0.4 is 5.32 Å². The number of nitrogens with one attached hydrogen (secondary N) is 1. The fraction of sp³-hybridized carbons (Fsp3) is 0.300. The number of benzene rings is 2. The number of halogens is 2. The summed E-state index contributed by atoms with van der Waals surface area (Å²) in [5.41, 5.74) is 3.17. The van der Waals surface area contributed by atoms with E-state index < -0.39 is 0 Å². The SMILES string of the molecule is CC(C)(CO)NCc1cn(Cc2ccc(Cl)c(Cl)c2)c2ccccc12. The average Bonchev–Trinajstić information content (AvgIpc) is 2.95. The van der Waals surface area contributed by atoms with Gasteiger partial charge < -0.3 is 15.0 Å². The van der Waals surface area contributed by atoms with Crippen molar-refractivity contribution in [3.05, 3.63) is 69.8 Å². The van der Waals surface area contributed by atoms with Crippen LogP contribution in [-0.4, -0.2) is 21.8 Å². The van der Waals surface area contributed by atoms with Crippen molar-refractivity contribution in [2.75, 3.05) is 6.61 Å². The zero-order valence-electron chi connectivity index (χ0n) is 14.4. The van der Waals surface area contributed by atoms with Crippen LogP contribution in [0.3, 0.4) is 0 Å². The molecule has 3 aromatic rings. The van der Waals surface area contributed by atoms with Crippen molar-refractivity contribution in [1.29, 1.82) is 0 Å². The van der Waals surface area contributed by atoms with Crippen LogP contribution >= 0.6 is 23.2 Å². The Labute approximate surface area is 158 Å². The first-order chi connectivity index (χ1) is 11.9. The van der Waals surface area contributed by atoms with Gasteiger partial charge in [0, 0.05) is 35.7 Å². The molecule has 2 aromatic carbocycles. The van der Waals surface area contributed by atoms with Crippen molar-refractivity contribution in [1.82, 2.24) is 9.88 Å². The average molecular weight is 377 g/mol. The lowest BCUT2D eigenvalue weighted by Crippen LogP contribution is -2.42. The highest BCUT2D eigenvalue weighted by Crippen LogP contribution is 2.26. The molecule has 0 amide bonds. The first-order valence-corrected chi connectivity index (χ1v) is 9.02. The number of para-hydroxylation sites is 1. The molecule has 3 nitrogen and oxygen atoms in total. The van der Waals surface area contributed by atoms with E-state index >= 15 is 0 Å². The van der Waals surface area contributed by atoms with Crippen LogP contribution in [0, 0.1) is 0 Å². The lowest BCUT2D eigenvalue weighted by Gasteiger charge is -2.23. The second-order valence-electron chi connectivity index (χ2n) is 6.94. The van der Waals surface area contributed by atoms with E-state index in [0.29, 0.717) is 16.6 Å². The van der Waals surface area contributed by atoms with E-state index in [1.165, 1.54) is 16.5 Å². The van der Waals surface area contributed by atoms with Crippen LogP contribution in [0.4, 0.5) is 0 Å². The third-order valence-corrected chi connectivity index (χ3v) is 5.10. The van der Waals surface area contributed by atoms with Crippen molar-refractivity contribution in [2.24, 2.45) is 0 Å². The number of nitrogens with zero attached hydrogens (tertiary/aromatic N) is 1. The molecule has 0 spiro atoms. The van der Waals surface area contributed by atoms with Gasteiger partial charge in [-0.1, -0.05) is 47.5 Å². The first kappa shape index (κ1) is 18.3. The maximum absolute atomic E-state index is 9.44. The van der Waals surface area contributed by atoms with Crippen molar-refractivity contribution >= 4 is 34.1 Å². The molecule has 132 valence electrons. The molecule has 5 heteroatoms. The third kappa shape index (κ3) is 4.18. The molecule has 0 saturated carbocycles. The van der Waals surface area contributed by atoms with E-state index in [-0.39, 0.29) is 12.1 Å². The highest BCUT2D eigenvalue weighted by molar-refractivity contribution is 6.42. The zero-order chi connectivity index (χ0) is 18.0. The van der Waals surface area contributed by atoms with Crippen LogP contribution in [0.1, 0.15) is 25.0 Å². The summed E-state index contributed by atoms with van der Waals surface area (Å²) in [4.78, 5) is 0. The molecule has 0 radical (unpaired) electrons. The molecule has 0 aliphatic carbocycles. The molecule has 0 aliphatic rings. The topological polar surface area (TPSA) is 37.2 Å². The molecule has 1 heterocycles. The van der Waals surface area contributed by atoms with Crippen molar-refractivity contribution in [2.45, 2.75) is 32.5 Å². The van der Waals surface area contributed by atoms with E-state index in [0.717, 1.165) is 12.1 Å². The van der Waals surface area contributed by atoms with Gasteiger partial charge in [-0.2, -0.15) is 0 Å². The Morgan fingerprint density at radius 2 is 1.84 bits per heavy atom. The van der Waals surface area contributed by atoms with Crippen LogP contribution in [0.2, 0.25) is 10.0 Å². The second-order valence-corrected chi connectivity index (χ2v) is 7.76. The summed E-state index contributed by atoms with van der Waals surface area (Å²) < 4.78 is 2.22. The number of aliphatic hydroxyl groups excluding tert-OH is 1. The van der Waals surface area contributed by atoms with Crippen LogP contribution in [-0.2, 0) is 13.1 Å². The van der Waals surface area contributed by atoms with Gasteiger partial charge in [0.1, 0.15) is 0 Å². The van der Waals surface area contributed by atoms with Gasteiger partial charge in [-0.05, 0) is 43.2 Å². The van der Waals surface area contributed by atoms with Crippen molar-refractivity contribution < 1.29 is 5.11 Å². The summed E-state index contributed by atoms with van der Waals surface area (Å²) in [6.07, 6.45) is 2.16.